The number of amides is 1. The lowest BCUT2D eigenvalue weighted by molar-refractivity contribution is -0.384. The molecule has 3 rings (SSSR count). The largest absolute Gasteiger partial charge is 0.464 e. The van der Waals surface area contributed by atoms with E-state index in [1.807, 2.05) is 0 Å². The molecule has 1 N–H and O–H groups in total. The number of rotatable bonds is 6. The first-order valence-corrected chi connectivity index (χ1v) is 11.2. The van der Waals surface area contributed by atoms with Gasteiger partial charge < -0.3 is 15.0 Å². The van der Waals surface area contributed by atoms with Crippen LogP contribution in [-0.2, 0) is 20.5 Å². The average molecular weight is 471 g/mol. The van der Waals surface area contributed by atoms with Crippen molar-refractivity contribution in [3.8, 4) is 0 Å². The van der Waals surface area contributed by atoms with Gasteiger partial charge in [-0.05, 0) is 44.7 Å². The van der Waals surface area contributed by atoms with Gasteiger partial charge in [0, 0.05) is 25.1 Å². The molecule has 0 atom stereocenters. The van der Waals surface area contributed by atoms with Crippen molar-refractivity contribution >= 4 is 23.3 Å². The second-order valence-corrected chi connectivity index (χ2v) is 8.57. The summed E-state index contributed by atoms with van der Waals surface area (Å²) in [5, 5.41) is 14.3. The Morgan fingerprint density at radius 1 is 1.21 bits per heavy atom. The van der Waals surface area contributed by atoms with E-state index in [1.165, 1.54) is 0 Å². The summed E-state index contributed by atoms with van der Waals surface area (Å²) in [4.78, 5) is 37.8. The van der Waals surface area contributed by atoms with Crippen LogP contribution in [0.15, 0.2) is 18.2 Å². The van der Waals surface area contributed by atoms with Crippen molar-refractivity contribution in [2.45, 2.75) is 63.6 Å². The Morgan fingerprint density at radius 3 is 2.39 bits per heavy atom. The fourth-order valence-electron chi connectivity index (χ4n) is 4.64. The number of hydrogen-bond acceptors (Lipinski definition) is 6. The number of nitrogens with zero attached hydrogens (tertiary/aromatic N) is 2. The second-order valence-electron chi connectivity index (χ2n) is 8.57. The number of carbonyl (C=O) groups is 2. The molecule has 33 heavy (non-hydrogen) atoms. The third-order valence-corrected chi connectivity index (χ3v) is 6.44. The number of alkyl halides is 3. The minimum absolute atomic E-state index is 0.0992. The summed E-state index contributed by atoms with van der Waals surface area (Å²) in [5.74, 6) is -1.08. The monoisotopic (exact) mass is 471 g/mol. The lowest BCUT2D eigenvalue weighted by Crippen LogP contribution is -2.58. The van der Waals surface area contributed by atoms with Gasteiger partial charge in [0.15, 0.2) is 0 Å². The summed E-state index contributed by atoms with van der Waals surface area (Å²) in [6.45, 7) is 2.49. The van der Waals surface area contributed by atoms with Crippen LogP contribution in [0, 0.1) is 16.0 Å². The molecule has 2 fully saturated rings. The number of nitro groups is 1. The third kappa shape index (κ3) is 5.56. The number of halogens is 3. The highest BCUT2D eigenvalue weighted by molar-refractivity contribution is 5.89. The maximum Gasteiger partial charge on any atom is 0.416 e. The van der Waals surface area contributed by atoms with E-state index >= 15 is 0 Å². The van der Waals surface area contributed by atoms with Crippen LogP contribution >= 0.6 is 0 Å². The Hall–Kier alpha value is -2.85. The van der Waals surface area contributed by atoms with Crippen LogP contribution in [0.4, 0.5) is 24.5 Å². The van der Waals surface area contributed by atoms with Crippen molar-refractivity contribution in [2.24, 2.45) is 5.92 Å². The summed E-state index contributed by atoms with van der Waals surface area (Å²) < 4.78 is 44.1. The number of piperidine rings is 1. The highest BCUT2D eigenvalue weighted by Gasteiger charge is 2.43. The molecule has 1 aliphatic carbocycles. The summed E-state index contributed by atoms with van der Waals surface area (Å²) in [7, 11) is 0. The van der Waals surface area contributed by atoms with Gasteiger partial charge in [0.05, 0.1) is 17.1 Å². The molecule has 0 spiro atoms. The van der Waals surface area contributed by atoms with Gasteiger partial charge in [-0.2, -0.15) is 13.2 Å². The lowest BCUT2D eigenvalue weighted by Gasteiger charge is -2.38. The molecule has 1 aliphatic heterocycles. The summed E-state index contributed by atoms with van der Waals surface area (Å²) in [6.07, 6.45) is -0.290. The van der Waals surface area contributed by atoms with E-state index in [4.69, 9.17) is 4.74 Å². The van der Waals surface area contributed by atoms with E-state index in [1.54, 1.807) is 11.8 Å². The van der Waals surface area contributed by atoms with E-state index in [0.29, 0.717) is 31.7 Å². The first kappa shape index (κ1) is 24.8. The second kappa shape index (κ2) is 9.96. The van der Waals surface area contributed by atoms with Gasteiger partial charge in [-0.1, -0.05) is 19.3 Å². The first-order chi connectivity index (χ1) is 15.6. The lowest BCUT2D eigenvalue weighted by atomic mass is 9.80. The molecule has 0 unspecified atom stereocenters. The molecule has 1 saturated heterocycles. The fourth-order valence-corrected chi connectivity index (χ4v) is 4.64. The standard InChI is InChI=1S/C22H28F3N3O5/c1-2-33-20(30)21(10-4-3-5-11-21)26-19(29)15-8-12-27(13-9-15)17-7-6-16(22(23,24)25)14-18(17)28(31)32/h6-7,14-15H,2-5,8-13H2,1H3,(H,26,29). The van der Waals surface area contributed by atoms with Crippen LogP contribution in [-0.4, -0.2) is 42.0 Å². The zero-order valence-corrected chi connectivity index (χ0v) is 18.5. The van der Waals surface area contributed by atoms with Gasteiger partial charge in [0.25, 0.3) is 5.69 Å². The zero-order valence-electron chi connectivity index (χ0n) is 18.5. The maximum absolute atomic E-state index is 13.0. The summed E-state index contributed by atoms with van der Waals surface area (Å²) in [5.41, 5.74) is -2.61. The fraction of sp³-hybridized carbons (Fsp3) is 0.636. The molecular weight excluding hydrogens is 443 g/mol. The van der Waals surface area contributed by atoms with Crippen LogP contribution in [0.2, 0.25) is 0 Å². The minimum Gasteiger partial charge on any atom is -0.464 e. The number of benzene rings is 1. The Balaban J connectivity index is 1.68. The van der Waals surface area contributed by atoms with E-state index in [-0.39, 0.29) is 31.3 Å². The minimum atomic E-state index is -4.68. The summed E-state index contributed by atoms with van der Waals surface area (Å²) >= 11 is 0. The number of esters is 1. The Bertz CT molecular complexity index is 892. The van der Waals surface area contributed by atoms with Gasteiger partial charge in [0.1, 0.15) is 11.2 Å². The molecule has 0 radical (unpaired) electrons. The molecule has 1 amide bonds. The third-order valence-electron chi connectivity index (χ3n) is 6.44. The first-order valence-electron chi connectivity index (χ1n) is 11.2. The number of anilines is 1. The molecule has 8 nitrogen and oxygen atoms in total. The molecule has 1 heterocycles. The Kier molecular flexibility index (Phi) is 7.48. The zero-order chi connectivity index (χ0) is 24.2. The molecule has 2 aliphatic rings. The maximum atomic E-state index is 13.0. The molecular formula is C22H28F3N3O5. The topological polar surface area (TPSA) is 102 Å². The van der Waals surface area contributed by atoms with Crippen molar-refractivity contribution in [3.63, 3.8) is 0 Å². The van der Waals surface area contributed by atoms with Crippen molar-refractivity contribution < 1.29 is 32.4 Å². The van der Waals surface area contributed by atoms with Gasteiger partial charge >= 0.3 is 12.1 Å². The predicted molar refractivity (Wildman–Crippen MR) is 114 cm³/mol. The van der Waals surface area contributed by atoms with E-state index in [2.05, 4.69) is 5.32 Å². The highest BCUT2D eigenvalue weighted by atomic mass is 19.4. The van der Waals surface area contributed by atoms with Gasteiger partial charge in [-0.3, -0.25) is 14.9 Å². The number of ether oxygens (including phenoxy) is 1. The number of hydrogen-bond donors (Lipinski definition) is 1. The van der Waals surface area contributed by atoms with Gasteiger partial charge in [-0.15, -0.1) is 0 Å². The van der Waals surface area contributed by atoms with Crippen molar-refractivity contribution in [3.05, 3.63) is 33.9 Å². The Morgan fingerprint density at radius 2 is 1.85 bits per heavy atom. The average Bonchev–Trinajstić information content (AvgIpc) is 2.79. The van der Waals surface area contributed by atoms with Crippen LogP contribution < -0.4 is 10.2 Å². The van der Waals surface area contributed by atoms with Crippen LogP contribution in [0.3, 0.4) is 0 Å². The number of nitro benzene ring substituents is 1. The van der Waals surface area contributed by atoms with Crippen LogP contribution in [0.5, 0.6) is 0 Å². The smallest absolute Gasteiger partial charge is 0.416 e. The van der Waals surface area contributed by atoms with Gasteiger partial charge in [0.2, 0.25) is 5.91 Å². The number of carbonyl (C=O) groups excluding carboxylic acids is 2. The molecule has 1 aromatic carbocycles. The SMILES string of the molecule is CCOC(=O)C1(NC(=O)C2CCN(c3ccc(C(F)(F)F)cc3[N+](=O)[O-])CC2)CCCCC1. The number of nitrogens with one attached hydrogen (secondary N) is 1. The van der Waals surface area contributed by atoms with Crippen LogP contribution in [0.1, 0.15) is 57.4 Å². The molecule has 1 aromatic rings. The molecule has 182 valence electrons. The molecule has 0 bridgehead atoms. The molecule has 1 saturated carbocycles. The van der Waals surface area contributed by atoms with E-state index in [9.17, 15) is 32.9 Å². The van der Waals surface area contributed by atoms with Crippen LogP contribution in [0.25, 0.3) is 0 Å². The molecule has 11 heteroatoms. The van der Waals surface area contributed by atoms with E-state index in [0.717, 1.165) is 31.4 Å². The highest BCUT2D eigenvalue weighted by Crippen LogP contribution is 2.38. The van der Waals surface area contributed by atoms with E-state index < -0.39 is 39.8 Å². The van der Waals surface area contributed by atoms with Crippen molar-refractivity contribution in [1.29, 1.82) is 0 Å². The summed E-state index contributed by atoms with van der Waals surface area (Å²) in [6, 6.07) is 2.48. The van der Waals surface area contributed by atoms with Gasteiger partial charge in [-0.25, -0.2) is 4.79 Å². The predicted octanol–water partition coefficient (Wildman–Crippen LogP) is 4.21. The van der Waals surface area contributed by atoms with Crippen molar-refractivity contribution in [1.82, 2.24) is 5.32 Å². The van der Waals surface area contributed by atoms with Crippen molar-refractivity contribution in [2.75, 3.05) is 24.6 Å². The molecule has 0 aromatic heterocycles. The Labute approximate surface area is 189 Å². The normalized spacial score (nSPS) is 19.1. The quantitative estimate of drug-likeness (QED) is 0.379.